The molecule has 5 heteroatoms. The number of pyridine rings is 1. The van der Waals surface area contributed by atoms with Crippen LogP contribution in [0.2, 0.25) is 0 Å². The molecule has 0 amide bonds. The second kappa shape index (κ2) is 4.52. The molecule has 2 heterocycles. The lowest BCUT2D eigenvalue weighted by atomic mass is 10.1. The molecule has 3 aromatic rings. The number of methoxy groups -OCH3 is 1. The van der Waals surface area contributed by atoms with Crippen molar-refractivity contribution in [2.24, 2.45) is 0 Å². The van der Waals surface area contributed by atoms with Crippen LogP contribution in [-0.2, 0) is 0 Å². The van der Waals surface area contributed by atoms with Crippen LogP contribution in [0, 0.1) is 12.7 Å². The van der Waals surface area contributed by atoms with E-state index in [1.165, 1.54) is 6.07 Å². The number of anilines is 1. The van der Waals surface area contributed by atoms with Gasteiger partial charge in [-0.3, -0.25) is 4.40 Å². The number of nitrogens with two attached hydrogens (primary N) is 1. The molecule has 0 saturated heterocycles. The summed E-state index contributed by atoms with van der Waals surface area (Å²) in [7, 11) is 1.56. The van der Waals surface area contributed by atoms with Crippen molar-refractivity contribution in [1.82, 2.24) is 9.38 Å². The van der Waals surface area contributed by atoms with E-state index in [2.05, 4.69) is 4.98 Å². The van der Waals surface area contributed by atoms with Gasteiger partial charge in [0.1, 0.15) is 17.3 Å². The summed E-state index contributed by atoms with van der Waals surface area (Å²) in [6.07, 6.45) is 1.78. The standard InChI is InChI=1S/C15H14FN3O/c1-9-5-6-11(16)10(8-9)13-14(17)19-7-3-4-12(20-2)15(19)18-13/h3-8H,17H2,1-2H3. The van der Waals surface area contributed by atoms with Gasteiger partial charge in [0, 0.05) is 11.8 Å². The van der Waals surface area contributed by atoms with E-state index in [-0.39, 0.29) is 5.82 Å². The maximum Gasteiger partial charge on any atom is 0.181 e. The Bertz CT molecular complexity index is 795. The van der Waals surface area contributed by atoms with Crippen molar-refractivity contribution in [3.8, 4) is 17.0 Å². The third-order valence-corrected chi connectivity index (χ3v) is 3.25. The first-order valence-electron chi connectivity index (χ1n) is 6.19. The van der Waals surface area contributed by atoms with E-state index in [1.54, 1.807) is 42.0 Å². The second-order valence-electron chi connectivity index (χ2n) is 4.60. The van der Waals surface area contributed by atoms with Crippen molar-refractivity contribution >= 4 is 11.5 Å². The van der Waals surface area contributed by atoms with Gasteiger partial charge in [-0.05, 0) is 31.2 Å². The molecule has 0 spiro atoms. The number of nitrogen functional groups attached to an aromatic ring is 1. The van der Waals surface area contributed by atoms with Crippen LogP contribution < -0.4 is 10.5 Å². The summed E-state index contributed by atoms with van der Waals surface area (Å²) in [6.45, 7) is 1.90. The molecule has 0 unspecified atom stereocenters. The third-order valence-electron chi connectivity index (χ3n) is 3.25. The highest BCUT2D eigenvalue weighted by Crippen LogP contribution is 2.32. The number of halogens is 1. The van der Waals surface area contributed by atoms with Gasteiger partial charge >= 0.3 is 0 Å². The zero-order valence-corrected chi connectivity index (χ0v) is 11.2. The van der Waals surface area contributed by atoms with Gasteiger partial charge in [0.15, 0.2) is 11.4 Å². The number of hydrogen-bond acceptors (Lipinski definition) is 3. The van der Waals surface area contributed by atoms with Crippen LogP contribution in [0.4, 0.5) is 10.2 Å². The maximum absolute atomic E-state index is 14.0. The van der Waals surface area contributed by atoms with Crippen molar-refractivity contribution in [3.63, 3.8) is 0 Å². The lowest BCUT2D eigenvalue weighted by Gasteiger charge is -2.03. The summed E-state index contributed by atoms with van der Waals surface area (Å²) in [5.41, 5.74) is 8.44. The highest BCUT2D eigenvalue weighted by atomic mass is 19.1. The number of rotatable bonds is 2. The summed E-state index contributed by atoms with van der Waals surface area (Å²) in [4.78, 5) is 4.43. The molecule has 102 valence electrons. The Morgan fingerprint density at radius 3 is 2.85 bits per heavy atom. The Hall–Kier alpha value is -2.56. The summed E-state index contributed by atoms with van der Waals surface area (Å²) in [5.74, 6) is 0.645. The first kappa shape index (κ1) is 12.5. The predicted octanol–water partition coefficient (Wildman–Crippen LogP) is 3.04. The number of aromatic nitrogens is 2. The van der Waals surface area contributed by atoms with Crippen LogP contribution in [0.25, 0.3) is 16.9 Å². The Morgan fingerprint density at radius 2 is 2.10 bits per heavy atom. The molecule has 0 fully saturated rings. The van der Waals surface area contributed by atoms with Gasteiger partial charge in [0.25, 0.3) is 0 Å². The first-order valence-corrected chi connectivity index (χ1v) is 6.19. The number of hydrogen-bond donors (Lipinski definition) is 1. The van der Waals surface area contributed by atoms with Crippen molar-refractivity contribution < 1.29 is 9.13 Å². The summed E-state index contributed by atoms with van der Waals surface area (Å²) < 4.78 is 21.0. The molecular formula is C15H14FN3O. The zero-order chi connectivity index (χ0) is 14.3. The SMILES string of the molecule is COc1cccn2c(N)c(-c3cc(C)ccc3F)nc12. The molecule has 0 aliphatic heterocycles. The first-order chi connectivity index (χ1) is 9.61. The Balaban J connectivity index is 2.32. The molecule has 20 heavy (non-hydrogen) atoms. The average molecular weight is 271 g/mol. The fourth-order valence-electron chi connectivity index (χ4n) is 2.24. The minimum Gasteiger partial charge on any atom is -0.493 e. The molecule has 0 aliphatic carbocycles. The molecule has 0 bridgehead atoms. The smallest absolute Gasteiger partial charge is 0.181 e. The van der Waals surface area contributed by atoms with Crippen molar-refractivity contribution in [2.45, 2.75) is 6.92 Å². The van der Waals surface area contributed by atoms with Crippen LogP contribution in [0.5, 0.6) is 5.75 Å². The number of ether oxygens (including phenoxy) is 1. The normalized spacial score (nSPS) is 10.9. The third kappa shape index (κ3) is 1.79. The Kier molecular flexibility index (Phi) is 2.82. The topological polar surface area (TPSA) is 52.5 Å². The highest BCUT2D eigenvalue weighted by Gasteiger charge is 2.17. The minimum atomic E-state index is -0.343. The number of imidazole rings is 1. The van der Waals surface area contributed by atoms with Gasteiger partial charge in [-0.25, -0.2) is 9.37 Å². The van der Waals surface area contributed by atoms with Crippen LogP contribution in [-0.4, -0.2) is 16.5 Å². The number of benzene rings is 1. The van der Waals surface area contributed by atoms with E-state index >= 15 is 0 Å². The lowest BCUT2D eigenvalue weighted by Crippen LogP contribution is -1.96. The van der Waals surface area contributed by atoms with E-state index < -0.39 is 0 Å². The number of aryl methyl sites for hydroxylation is 1. The maximum atomic E-state index is 14.0. The summed E-state index contributed by atoms with van der Waals surface area (Å²) in [6, 6.07) is 8.47. The molecule has 0 saturated carbocycles. The second-order valence-corrected chi connectivity index (χ2v) is 4.60. The molecule has 2 N–H and O–H groups in total. The van der Waals surface area contributed by atoms with Crippen LogP contribution in [0.15, 0.2) is 36.5 Å². The van der Waals surface area contributed by atoms with Gasteiger partial charge in [-0.2, -0.15) is 0 Å². The largest absolute Gasteiger partial charge is 0.493 e. The van der Waals surface area contributed by atoms with Gasteiger partial charge in [0.2, 0.25) is 0 Å². The molecule has 2 aromatic heterocycles. The van der Waals surface area contributed by atoms with Crippen LogP contribution >= 0.6 is 0 Å². The van der Waals surface area contributed by atoms with E-state index in [0.29, 0.717) is 28.5 Å². The fraction of sp³-hybridized carbons (Fsp3) is 0.133. The molecule has 3 rings (SSSR count). The van der Waals surface area contributed by atoms with Gasteiger partial charge in [0.05, 0.1) is 7.11 Å². The molecular weight excluding hydrogens is 257 g/mol. The minimum absolute atomic E-state index is 0.343. The van der Waals surface area contributed by atoms with Gasteiger partial charge in [-0.15, -0.1) is 0 Å². The Labute approximate surface area is 115 Å². The molecule has 0 radical (unpaired) electrons. The van der Waals surface area contributed by atoms with Crippen molar-refractivity contribution in [3.05, 3.63) is 47.9 Å². The van der Waals surface area contributed by atoms with Gasteiger partial charge < -0.3 is 10.5 Å². The highest BCUT2D eigenvalue weighted by molar-refractivity contribution is 5.77. The predicted molar refractivity (Wildman–Crippen MR) is 76.3 cm³/mol. The summed E-state index contributed by atoms with van der Waals surface area (Å²) >= 11 is 0. The quantitative estimate of drug-likeness (QED) is 0.779. The van der Waals surface area contributed by atoms with Gasteiger partial charge in [-0.1, -0.05) is 11.6 Å². The monoisotopic (exact) mass is 271 g/mol. The number of nitrogens with zero attached hydrogens (tertiary/aromatic N) is 2. The fourth-order valence-corrected chi connectivity index (χ4v) is 2.24. The van der Waals surface area contributed by atoms with E-state index in [1.807, 2.05) is 6.92 Å². The zero-order valence-electron chi connectivity index (χ0n) is 11.2. The number of fused-ring (bicyclic) bond motifs is 1. The van der Waals surface area contributed by atoms with E-state index in [0.717, 1.165) is 5.56 Å². The van der Waals surface area contributed by atoms with E-state index in [9.17, 15) is 4.39 Å². The molecule has 0 aliphatic rings. The summed E-state index contributed by atoms with van der Waals surface area (Å²) in [5, 5.41) is 0. The Morgan fingerprint density at radius 1 is 1.30 bits per heavy atom. The average Bonchev–Trinajstić information content (AvgIpc) is 2.79. The molecule has 1 aromatic carbocycles. The van der Waals surface area contributed by atoms with Crippen molar-refractivity contribution in [1.29, 1.82) is 0 Å². The van der Waals surface area contributed by atoms with Crippen LogP contribution in [0.1, 0.15) is 5.56 Å². The molecule has 0 atom stereocenters. The van der Waals surface area contributed by atoms with E-state index in [4.69, 9.17) is 10.5 Å². The lowest BCUT2D eigenvalue weighted by molar-refractivity contribution is 0.417. The molecule has 4 nitrogen and oxygen atoms in total. The van der Waals surface area contributed by atoms with Crippen LogP contribution in [0.3, 0.4) is 0 Å². The van der Waals surface area contributed by atoms with Crippen molar-refractivity contribution in [2.75, 3.05) is 12.8 Å².